The van der Waals surface area contributed by atoms with Crippen molar-refractivity contribution >= 4 is 0 Å². The molecule has 0 amide bonds. The van der Waals surface area contributed by atoms with E-state index in [2.05, 4.69) is 5.48 Å². The quantitative estimate of drug-likeness (QED) is 0.602. The Morgan fingerprint density at radius 1 is 1.60 bits per heavy atom. The lowest BCUT2D eigenvalue weighted by Crippen LogP contribution is -2.29. The Labute approximate surface area is 61.7 Å². The minimum Gasteiger partial charge on any atom is -0.351 e. The Morgan fingerprint density at radius 3 is 3.10 bits per heavy atom. The Kier molecular flexibility index (Phi) is 3.72. The number of hydroxylamine groups is 1. The van der Waals surface area contributed by atoms with Gasteiger partial charge in [0.05, 0.1) is 0 Å². The average Bonchev–Trinajstić information content (AvgIpc) is 2.03. The van der Waals surface area contributed by atoms with Crippen LogP contribution in [-0.2, 0) is 9.57 Å². The van der Waals surface area contributed by atoms with Crippen LogP contribution in [0.1, 0.15) is 26.2 Å². The summed E-state index contributed by atoms with van der Waals surface area (Å²) in [7, 11) is 0. The van der Waals surface area contributed by atoms with Gasteiger partial charge in [-0.3, -0.25) is 4.84 Å². The van der Waals surface area contributed by atoms with E-state index in [1.807, 2.05) is 6.92 Å². The first-order chi connectivity index (χ1) is 4.93. The first kappa shape index (κ1) is 7.98. The van der Waals surface area contributed by atoms with Crippen LogP contribution in [0.4, 0.5) is 0 Å². The van der Waals surface area contributed by atoms with E-state index in [4.69, 9.17) is 9.57 Å². The van der Waals surface area contributed by atoms with Gasteiger partial charge in [0, 0.05) is 19.6 Å². The van der Waals surface area contributed by atoms with Gasteiger partial charge < -0.3 is 4.74 Å². The van der Waals surface area contributed by atoms with E-state index in [0.29, 0.717) is 0 Å². The van der Waals surface area contributed by atoms with E-state index >= 15 is 0 Å². The summed E-state index contributed by atoms with van der Waals surface area (Å²) >= 11 is 0. The van der Waals surface area contributed by atoms with Crippen molar-refractivity contribution in [1.29, 1.82) is 0 Å². The standard InChI is InChI=1S/C7H15NO2/c1-2-8-10-7-5-3-4-6-9-7/h7-8H,2-6H2,1H3. The molecule has 1 atom stereocenters. The van der Waals surface area contributed by atoms with E-state index in [1.165, 1.54) is 12.8 Å². The first-order valence-corrected chi connectivity index (χ1v) is 3.93. The highest BCUT2D eigenvalue weighted by molar-refractivity contribution is 4.52. The molecule has 0 bridgehead atoms. The van der Waals surface area contributed by atoms with Gasteiger partial charge >= 0.3 is 0 Å². The zero-order valence-electron chi connectivity index (χ0n) is 6.43. The van der Waals surface area contributed by atoms with Crippen LogP contribution in [0.3, 0.4) is 0 Å². The minimum atomic E-state index is -0.00583. The Hall–Kier alpha value is -0.120. The molecule has 0 aromatic carbocycles. The lowest BCUT2D eigenvalue weighted by atomic mass is 10.2. The molecule has 1 saturated heterocycles. The molecule has 1 aliphatic rings. The normalized spacial score (nSPS) is 26.7. The maximum atomic E-state index is 5.30. The molecule has 1 aliphatic heterocycles. The molecule has 60 valence electrons. The van der Waals surface area contributed by atoms with Crippen LogP contribution in [0.2, 0.25) is 0 Å². The summed E-state index contributed by atoms with van der Waals surface area (Å²) in [6.07, 6.45) is 3.41. The highest BCUT2D eigenvalue weighted by Crippen LogP contribution is 2.11. The zero-order valence-corrected chi connectivity index (χ0v) is 6.43. The van der Waals surface area contributed by atoms with Crippen LogP contribution in [-0.4, -0.2) is 19.4 Å². The third-order valence-corrected chi connectivity index (χ3v) is 1.50. The molecule has 3 heteroatoms. The highest BCUT2D eigenvalue weighted by atomic mass is 16.8. The predicted octanol–water partition coefficient (Wildman–Crippen LogP) is 1.05. The van der Waals surface area contributed by atoms with Crippen molar-refractivity contribution in [2.45, 2.75) is 32.5 Å². The van der Waals surface area contributed by atoms with Crippen molar-refractivity contribution in [3.63, 3.8) is 0 Å². The van der Waals surface area contributed by atoms with Crippen LogP contribution in [0.15, 0.2) is 0 Å². The second-order valence-corrected chi connectivity index (χ2v) is 2.41. The third kappa shape index (κ3) is 2.64. The van der Waals surface area contributed by atoms with Crippen LogP contribution >= 0.6 is 0 Å². The maximum absolute atomic E-state index is 5.30. The van der Waals surface area contributed by atoms with Gasteiger partial charge in [0.1, 0.15) is 0 Å². The Balaban J connectivity index is 2.02. The van der Waals surface area contributed by atoms with E-state index in [0.717, 1.165) is 19.6 Å². The number of hydrogen-bond donors (Lipinski definition) is 1. The minimum absolute atomic E-state index is 0.00583. The molecule has 0 aromatic heterocycles. The fourth-order valence-corrected chi connectivity index (χ4v) is 0.980. The van der Waals surface area contributed by atoms with E-state index in [9.17, 15) is 0 Å². The number of nitrogens with one attached hydrogen (secondary N) is 1. The Bertz CT molecular complexity index is 81.7. The van der Waals surface area contributed by atoms with Crippen molar-refractivity contribution in [1.82, 2.24) is 5.48 Å². The van der Waals surface area contributed by atoms with Crippen molar-refractivity contribution in [2.75, 3.05) is 13.2 Å². The van der Waals surface area contributed by atoms with E-state index in [1.54, 1.807) is 0 Å². The van der Waals surface area contributed by atoms with Gasteiger partial charge in [0.15, 0.2) is 6.29 Å². The topological polar surface area (TPSA) is 30.5 Å². The van der Waals surface area contributed by atoms with E-state index < -0.39 is 0 Å². The summed E-state index contributed by atoms with van der Waals surface area (Å²) in [4.78, 5) is 5.16. The first-order valence-electron chi connectivity index (χ1n) is 3.93. The molecular formula is C7H15NO2. The molecule has 1 unspecified atom stereocenters. The molecule has 3 nitrogen and oxygen atoms in total. The van der Waals surface area contributed by atoms with Crippen LogP contribution in [0.5, 0.6) is 0 Å². The third-order valence-electron chi connectivity index (χ3n) is 1.50. The number of ether oxygens (including phenoxy) is 1. The van der Waals surface area contributed by atoms with Crippen molar-refractivity contribution in [3.8, 4) is 0 Å². The smallest absolute Gasteiger partial charge is 0.177 e. The van der Waals surface area contributed by atoms with Crippen LogP contribution in [0, 0.1) is 0 Å². The number of rotatable bonds is 3. The molecular weight excluding hydrogens is 130 g/mol. The molecule has 0 aliphatic carbocycles. The van der Waals surface area contributed by atoms with Gasteiger partial charge in [0.25, 0.3) is 0 Å². The molecule has 1 heterocycles. The molecule has 0 spiro atoms. The summed E-state index contributed by atoms with van der Waals surface area (Å²) < 4.78 is 5.30. The molecule has 1 rings (SSSR count). The van der Waals surface area contributed by atoms with Gasteiger partial charge in [-0.1, -0.05) is 6.92 Å². The lowest BCUT2D eigenvalue weighted by molar-refractivity contribution is -0.195. The van der Waals surface area contributed by atoms with Gasteiger partial charge in [-0.05, 0) is 12.8 Å². The Morgan fingerprint density at radius 2 is 2.50 bits per heavy atom. The van der Waals surface area contributed by atoms with E-state index in [-0.39, 0.29) is 6.29 Å². The van der Waals surface area contributed by atoms with Crippen molar-refractivity contribution in [3.05, 3.63) is 0 Å². The second kappa shape index (κ2) is 4.66. The van der Waals surface area contributed by atoms with Gasteiger partial charge in [-0.2, -0.15) is 5.48 Å². The van der Waals surface area contributed by atoms with Crippen molar-refractivity contribution < 1.29 is 9.57 Å². The molecule has 0 aromatic rings. The monoisotopic (exact) mass is 145 g/mol. The lowest BCUT2D eigenvalue weighted by Gasteiger charge is -2.21. The fraction of sp³-hybridized carbons (Fsp3) is 1.00. The van der Waals surface area contributed by atoms with Gasteiger partial charge in [0.2, 0.25) is 0 Å². The predicted molar refractivity (Wildman–Crippen MR) is 38.4 cm³/mol. The SMILES string of the molecule is CCNOC1CCCCO1. The molecule has 1 N–H and O–H groups in total. The molecule has 1 fully saturated rings. The van der Waals surface area contributed by atoms with Crippen LogP contribution < -0.4 is 5.48 Å². The highest BCUT2D eigenvalue weighted by Gasteiger charge is 2.13. The van der Waals surface area contributed by atoms with Crippen molar-refractivity contribution in [2.24, 2.45) is 0 Å². The summed E-state index contributed by atoms with van der Waals surface area (Å²) in [6.45, 7) is 3.68. The second-order valence-electron chi connectivity index (χ2n) is 2.41. The summed E-state index contributed by atoms with van der Waals surface area (Å²) in [6, 6.07) is 0. The van der Waals surface area contributed by atoms with Gasteiger partial charge in [-0.25, -0.2) is 0 Å². The fourth-order valence-electron chi connectivity index (χ4n) is 0.980. The van der Waals surface area contributed by atoms with Gasteiger partial charge in [-0.15, -0.1) is 0 Å². The summed E-state index contributed by atoms with van der Waals surface area (Å²) in [5.74, 6) is 0. The average molecular weight is 145 g/mol. The summed E-state index contributed by atoms with van der Waals surface area (Å²) in [5.41, 5.74) is 2.79. The molecule has 0 saturated carbocycles. The molecule has 0 radical (unpaired) electrons. The maximum Gasteiger partial charge on any atom is 0.177 e. The number of hydrogen-bond acceptors (Lipinski definition) is 3. The van der Waals surface area contributed by atoms with Crippen LogP contribution in [0.25, 0.3) is 0 Å². The molecule has 10 heavy (non-hydrogen) atoms. The zero-order chi connectivity index (χ0) is 7.23. The summed E-state index contributed by atoms with van der Waals surface area (Å²) in [5, 5.41) is 0. The largest absolute Gasteiger partial charge is 0.351 e.